The van der Waals surface area contributed by atoms with Crippen molar-refractivity contribution >= 4 is 31.3 Å². The molecule has 0 aliphatic carbocycles. The molecule has 0 fully saturated rings. The summed E-state index contributed by atoms with van der Waals surface area (Å²) in [4.78, 5) is 50.1. The van der Waals surface area contributed by atoms with Crippen LogP contribution in [0.2, 0.25) is 0 Å². The molecule has 2 N–H and O–H groups in total. The predicted molar refractivity (Wildman–Crippen MR) is 190 cm³/mol. The lowest BCUT2D eigenvalue weighted by atomic mass is 10.1. The lowest BCUT2D eigenvalue weighted by Gasteiger charge is -2.32. The van der Waals surface area contributed by atoms with Gasteiger partial charge < -0.3 is 29.4 Å². The van der Waals surface area contributed by atoms with E-state index in [1.54, 1.807) is 26.0 Å². The molecule has 0 spiro atoms. The normalized spacial score (nSPS) is 13.4. The number of unbranched alkanes of at least 4 members (excludes halogenated alkanes) is 1. The first kappa shape index (κ1) is 40.1. The van der Waals surface area contributed by atoms with E-state index in [0.29, 0.717) is 19.3 Å². The van der Waals surface area contributed by atoms with E-state index in [2.05, 4.69) is 10.6 Å². The van der Waals surface area contributed by atoms with Crippen molar-refractivity contribution in [1.29, 1.82) is 0 Å². The van der Waals surface area contributed by atoms with Crippen LogP contribution in [0.4, 0.5) is 4.79 Å². The molecule has 2 unspecified atom stereocenters. The minimum absolute atomic E-state index is 0.0238. The molecule has 3 rings (SSSR count). The second kappa shape index (κ2) is 21.7. The van der Waals surface area contributed by atoms with Crippen LogP contribution in [0.5, 0.6) is 0 Å². The molecule has 0 bridgehead atoms. The highest BCUT2D eigenvalue weighted by molar-refractivity contribution is 7.54. The average molecular weight is 709 g/mol. The van der Waals surface area contributed by atoms with Gasteiger partial charge in [0.05, 0.1) is 6.61 Å². The lowest BCUT2D eigenvalue weighted by Crippen LogP contribution is -2.41. The number of ketones is 1. The van der Waals surface area contributed by atoms with Gasteiger partial charge in [0.15, 0.2) is 6.10 Å². The molecule has 0 aromatic heterocycles. The molecule has 0 saturated carbocycles. The van der Waals surface area contributed by atoms with Gasteiger partial charge in [-0.15, -0.1) is 0 Å². The van der Waals surface area contributed by atoms with Crippen LogP contribution in [0.15, 0.2) is 91.0 Å². The van der Waals surface area contributed by atoms with Gasteiger partial charge in [0.1, 0.15) is 24.8 Å². The number of amides is 2. The van der Waals surface area contributed by atoms with E-state index < -0.39 is 43.4 Å². The van der Waals surface area contributed by atoms with E-state index in [1.807, 2.05) is 78.9 Å². The first-order chi connectivity index (χ1) is 24.1. The standard InChI is InChI=1S/C38H49N2O9P/c1-29(2)36(40-35(42)24-15-16-30(3)41)50(45,48-28-33-21-11-6-12-22-33)49-34(37(43)46-26-31-17-7-4-8-18-31)23-13-14-25-39-38(44)47-27-32-19-9-5-10-20-32/h4-12,17-22,29,34,36H,13-16,23-28H2,1-3H3,(H,39,44)(H,40,42)/t34?,36-,50?/m0/s1. The third kappa shape index (κ3) is 15.1. The summed E-state index contributed by atoms with van der Waals surface area (Å²) >= 11 is 0. The minimum atomic E-state index is -4.26. The van der Waals surface area contributed by atoms with Gasteiger partial charge in [0.25, 0.3) is 0 Å². The molecule has 3 aromatic carbocycles. The van der Waals surface area contributed by atoms with Crippen molar-refractivity contribution in [3.05, 3.63) is 108 Å². The van der Waals surface area contributed by atoms with Gasteiger partial charge in [-0.2, -0.15) is 0 Å². The highest BCUT2D eigenvalue weighted by Crippen LogP contribution is 2.56. The fourth-order valence-corrected chi connectivity index (χ4v) is 7.15. The van der Waals surface area contributed by atoms with Crippen LogP contribution >= 0.6 is 7.60 Å². The van der Waals surface area contributed by atoms with Crippen molar-refractivity contribution < 1.29 is 42.3 Å². The Morgan fingerprint density at radius 1 is 0.700 bits per heavy atom. The van der Waals surface area contributed by atoms with Crippen molar-refractivity contribution in [2.75, 3.05) is 6.54 Å². The number of hydrogen-bond acceptors (Lipinski definition) is 9. The summed E-state index contributed by atoms with van der Waals surface area (Å²) in [6.07, 6.45) is -0.288. The number of alkyl carbamates (subject to hydrolysis) is 1. The third-order valence-electron chi connectivity index (χ3n) is 7.60. The number of nitrogens with one attached hydrogen (secondary N) is 2. The molecule has 3 atom stereocenters. The predicted octanol–water partition coefficient (Wildman–Crippen LogP) is 7.48. The van der Waals surface area contributed by atoms with Gasteiger partial charge in [0.2, 0.25) is 5.91 Å². The van der Waals surface area contributed by atoms with E-state index in [0.717, 1.165) is 16.7 Å². The fourth-order valence-electron chi connectivity index (χ4n) is 4.89. The Balaban J connectivity index is 1.74. The van der Waals surface area contributed by atoms with Gasteiger partial charge >= 0.3 is 19.7 Å². The monoisotopic (exact) mass is 708 g/mol. The highest BCUT2D eigenvalue weighted by Gasteiger charge is 2.43. The van der Waals surface area contributed by atoms with E-state index >= 15 is 0 Å². The third-order valence-corrected chi connectivity index (χ3v) is 10.0. The molecule has 270 valence electrons. The van der Waals surface area contributed by atoms with Gasteiger partial charge in [-0.25, -0.2) is 9.59 Å². The highest BCUT2D eigenvalue weighted by atomic mass is 31.2. The Morgan fingerprint density at radius 3 is 1.78 bits per heavy atom. The van der Waals surface area contributed by atoms with Crippen LogP contribution in [0, 0.1) is 5.92 Å². The van der Waals surface area contributed by atoms with Crippen molar-refractivity contribution in [2.45, 2.75) is 91.0 Å². The fraction of sp³-hybridized carbons (Fsp3) is 0.421. The van der Waals surface area contributed by atoms with Gasteiger partial charge in [-0.3, -0.25) is 13.9 Å². The second-order valence-electron chi connectivity index (χ2n) is 12.3. The van der Waals surface area contributed by atoms with Gasteiger partial charge in [0, 0.05) is 19.4 Å². The number of esters is 1. The van der Waals surface area contributed by atoms with Crippen molar-refractivity contribution in [1.82, 2.24) is 10.6 Å². The molecular formula is C38H49N2O9P. The smallest absolute Gasteiger partial charge is 0.407 e. The summed E-state index contributed by atoms with van der Waals surface area (Å²) in [7, 11) is -4.26. The Hall–Kier alpha value is -4.31. The summed E-state index contributed by atoms with van der Waals surface area (Å²) in [6, 6.07) is 27.5. The first-order valence-electron chi connectivity index (χ1n) is 17.0. The number of ether oxygens (including phenoxy) is 2. The maximum Gasteiger partial charge on any atom is 0.407 e. The van der Waals surface area contributed by atoms with E-state index in [-0.39, 0.29) is 51.4 Å². The van der Waals surface area contributed by atoms with E-state index in [1.165, 1.54) is 6.92 Å². The summed E-state index contributed by atoms with van der Waals surface area (Å²) < 4.78 is 37.9. The van der Waals surface area contributed by atoms with E-state index in [9.17, 15) is 23.7 Å². The van der Waals surface area contributed by atoms with Crippen LogP contribution < -0.4 is 10.6 Å². The Bertz CT molecular complexity index is 1520. The number of carbonyl (C=O) groups is 4. The van der Waals surface area contributed by atoms with Gasteiger partial charge in [-0.05, 0) is 55.2 Å². The molecule has 0 heterocycles. The molecule has 3 aromatic rings. The zero-order chi connectivity index (χ0) is 36.2. The first-order valence-corrected chi connectivity index (χ1v) is 18.6. The Labute approximate surface area is 295 Å². The second-order valence-corrected chi connectivity index (χ2v) is 14.4. The number of benzene rings is 3. The average Bonchev–Trinajstić information content (AvgIpc) is 3.11. The molecule has 50 heavy (non-hydrogen) atoms. The lowest BCUT2D eigenvalue weighted by molar-refractivity contribution is -0.154. The summed E-state index contributed by atoms with van der Waals surface area (Å²) in [5.74, 6) is -2.69. The van der Waals surface area contributed by atoms with Crippen LogP contribution in [0.25, 0.3) is 0 Å². The molecule has 0 aliphatic rings. The SMILES string of the molecule is CC(=O)CCCC(=O)N[C@H](C(C)C)P(=O)(OCc1ccccc1)OC(CCCCNC(=O)OCc1ccccc1)C(=O)OCc1ccccc1. The number of carbonyl (C=O) groups excluding carboxylic acids is 4. The summed E-state index contributed by atoms with van der Waals surface area (Å²) in [5.41, 5.74) is 2.35. The molecule has 0 aliphatic heterocycles. The molecular weight excluding hydrogens is 659 g/mol. The van der Waals surface area contributed by atoms with Gasteiger partial charge in [-0.1, -0.05) is 105 Å². The molecule has 0 radical (unpaired) electrons. The summed E-state index contributed by atoms with van der Waals surface area (Å²) in [5, 5.41) is 5.51. The Morgan fingerprint density at radius 2 is 1.24 bits per heavy atom. The molecule has 11 nitrogen and oxygen atoms in total. The van der Waals surface area contributed by atoms with Crippen LogP contribution in [-0.4, -0.2) is 42.2 Å². The topological polar surface area (TPSA) is 146 Å². The van der Waals surface area contributed by atoms with E-state index in [4.69, 9.17) is 18.5 Å². The maximum absolute atomic E-state index is 14.8. The minimum Gasteiger partial charge on any atom is -0.459 e. The zero-order valence-corrected chi connectivity index (χ0v) is 30.0. The Kier molecular flexibility index (Phi) is 17.4. The number of rotatable bonds is 22. The van der Waals surface area contributed by atoms with Crippen LogP contribution in [-0.2, 0) is 57.3 Å². The largest absolute Gasteiger partial charge is 0.459 e. The van der Waals surface area contributed by atoms with Crippen molar-refractivity contribution in [3.8, 4) is 0 Å². The number of hydrogen-bond donors (Lipinski definition) is 2. The molecule has 2 amide bonds. The van der Waals surface area contributed by atoms with Crippen molar-refractivity contribution in [3.63, 3.8) is 0 Å². The van der Waals surface area contributed by atoms with Crippen LogP contribution in [0.1, 0.15) is 76.0 Å². The molecule has 0 saturated heterocycles. The zero-order valence-electron chi connectivity index (χ0n) is 29.1. The number of Topliss-reactive ketones (excluding diaryl/α,β-unsaturated/α-hetero) is 1. The van der Waals surface area contributed by atoms with Crippen molar-refractivity contribution in [2.24, 2.45) is 5.92 Å². The molecule has 12 heteroatoms. The maximum atomic E-state index is 14.8. The quantitative estimate of drug-likeness (QED) is 0.0616. The summed E-state index contributed by atoms with van der Waals surface area (Å²) in [6.45, 7) is 5.29. The van der Waals surface area contributed by atoms with Crippen LogP contribution in [0.3, 0.4) is 0 Å².